The maximum Gasteiger partial charge on any atom is 0.226 e. The molecular formula is C19H23N3O. The molecule has 3 atom stereocenters. The van der Waals surface area contributed by atoms with E-state index < -0.39 is 0 Å². The van der Waals surface area contributed by atoms with Crippen LogP contribution < -0.4 is 0 Å². The molecule has 1 aliphatic heterocycles. The van der Waals surface area contributed by atoms with Crippen molar-refractivity contribution >= 4 is 5.91 Å². The summed E-state index contributed by atoms with van der Waals surface area (Å²) in [4.78, 5) is 19.1. The van der Waals surface area contributed by atoms with Gasteiger partial charge in [-0.25, -0.2) is 4.98 Å². The Balaban J connectivity index is 1.42. The van der Waals surface area contributed by atoms with Crippen LogP contribution in [0.15, 0.2) is 43.0 Å². The number of amides is 1. The minimum absolute atomic E-state index is 0.193. The van der Waals surface area contributed by atoms with Gasteiger partial charge in [0.15, 0.2) is 0 Å². The van der Waals surface area contributed by atoms with Gasteiger partial charge in [0, 0.05) is 31.4 Å². The molecular weight excluding hydrogens is 286 g/mol. The summed E-state index contributed by atoms with van der Waals surface area (Å²) in [5.74, 6) is 0.968. The van der Waals surface area contributed by atoms with Crippen molar-refractivity contribution in [2.45, 2.75) is 38.1 Å². The summed E-state index contributed by atoms with van der Waals surface area (Å²) in [6, 6.07) is 8.98. The predicted octanol–water partition coefficient (Wildman–Crippen LogP) is 3.16. The molecule has 120 valence electrons. The molecule has 2 aliphatic rings. The lowest BCUT2D eigenvalue weighted by Gasteiger charge is -2.33. The van der Waals surface area contributed by atoms with E-state index in [0.717, 1.165) is 32.4 Å². The highest BCUT2D eigenvalue weighted by Crippen LogP contribution is 2.49. The number of aryl methyl sites for hydroxylation is 1. The van der Waals surface area contributed by atoms with E-state index in [1.54, 1.807) is 0 Å². The van der Waals surface area contributed by atoms with Crippen LogP contribution >= 0.6 is 0 Å². The largest absolute Gasteiger partial charge is 0.340 e. The van der Waals surface area contributed by atoms with Crippen molar-refractivity contribution in [2.24, 2.45) is 5.92 Å². The van der Waals surface area contributed by atoms with Crippen molar-refractivity contribution in [1.29, 1.82) is 0 Å². The first-order valence-electron chi connectivity index (χ1n) is 8.55. The zero-order valence-corrected chi connectivity index (χ0v) is 13.6. The summed E-state index contributed by atoms with van der Waals surface area (Å²) >= 11 is 0. The smallest absolute Gasteiger partial charge is 0.226 e. The number of imidazole rings is 1. The van der Waals surface area contributed by atoms with Gasteiger partial charge < -0.3 is 9.47 Å². The maximum absolute atomic E-state index is 12.8. The third-order valence-electron chi connectivity index (χ3n) is 5.23. The molecule has 4 heteroatoms. The van der Waals surface area contributed by atoms with Crippen LogP contribution in [0.5, 0.6) is 0 Å². The van der Waals surface area contributed by atoms with Crippen LogP contribution in [-0.2, 0) is 4.79 Å². The summed E-state index contributed by atoms with van der Waals surface area (Å²) in [5.41, 5.74) is 2.60. The first kappa shape index (κ1) is 14.5. The van der Waals surface area contributed by atoms with E-state index >= 15 is 0 Å². The number of benzene rings is 1. The molecule has 0 spiro atoms. The molecule has 0 N–H and O–H groups in total. The second-order valence-corrected chi connectivity index (χ2v) is 6.95. The third kappa shape index (κ3) is 2.90. The van der Waals surface area contributed by atoms with Gasteiger partial charge >= 0.3 is 0 Å². The van der Waals surface area contributed by atoms with Gasteiger partial charge in [0.25, 0.3) is 0 Å². The van der Waals surface area contributed by atoms with Crippen LogP contribution in [0.1, 0.15) is 42.3 Å². The summed E-state index contributed by atoms with van der Waals surface area (Å²) in [6.45, 7) is 3.84. The van der Waals surface area contributed by atoms with Gasteiger partial charge in [-0.2, -0.15) is 0 Å². The fourth-order valence-corrected chi connectivity index (χ4v) is 3.86. The molecule has 2 fully saturated rings. The molecule has 4 nitrogen and oxygen atoms in total. The van der Waals surface area contributed by atoms with Crippen LogP contribution in [0, 0.1) is 12.8 Å². The average molecular weight is 309 g/mol. The van der Waals surface area contributed by atoms with Crippen molar-refractivity contribution in [3.63, 3.8) is 0 Å². The maximum atomic E-state index is 12.8. The number of piperidine rings is 1. The van der Waals surface area contributed by atoms with Crippen molar-refractivity contribution in [3.05, 3.63) is 54.1 Å². The number of aromatic nitrogens is 2. The highest BCUT2D eigenvalue weighted by atomic mass is 16.2. The summed E-state index contributed by atoms with van der Waals surface area (Å²) in [5, 5.41) is 0. The second-order valence-electron chi connectivity index (χ2n) is 6.95. The zero-order valence-electron chi connectivity index (χ0n) is 13.6. The number of hydrogen-bond acceptors (Lipinski definition) is 2. The van der Waals surface area contributed by atoms with Crippen molar-refractivity contribution in [1.82, 2.24) is 14.5 Å². The van der Waals surface area contributed by atoms with E-state index in [9.17, 15) is 4.79 Å². The van der Waals surface area contributed by atoms with E-state index in [1.165, 1.54) is 11.1 Å². The van der Waals surface area contributed by atoms with Crippen molar-refractivity contribution < 1.29 is 4.79 Å². The van der Waals surface area contributed by atoms with Crippen LogP contribution in [0.2, 0.25) is 0 Å². The minimum Gasteiger partial charge on any atom is -0.340 e. The number of carbonyl (C=O) groups is 1. The monoisotopic (exact) mass is 309 g/mol. The van der Waals surface area contributed by atoms with E-state index in [-0.39, 0.29) is 5.92 Å². The molecule has 0 bridgehead atoms. The van der Waals surface area contributed by atoms with Crippen molar-refractivity contribution in [2.75, 3.05) is 13.1 Å². The Labute approximate surface area is 137 Å². The number of carbonyl (C=O) groups excluding carboxylic acids is 1. The Kier molecular flexibility index (Phi) is 3.68. The van der Waals surface area contributed by atoms with E-state index in [0.29, 0.717) is 17.9 Å². The summed E-state index contributed by atoms with van der Waals surface area (Å²) in [6.07, 6.45) is 8.91. The van der Waals surface area contributed by atoms with E-state index in [4.69, 9.17) is 0 Å². The van der Waals surface area contributed by atoms with Crippen LogP contribution in [0.25, 0.3) is 0 Å². The lowest BCUT2D eigenvalue weighted by molar-refractivity contribution is -0.134. The molecule has 1 aromatic heterocycles. The Morgan fingerprint density at radius 3 is 3.04 bits per heavy atom. The molecule has 4 rings (SSSR count). The van der Waals surface area contributed by atoms with Gasteiger partial charge in [-0.05, 0) is 37.7 Å². The topological polar surface area (TPSA) is 38.1 Å². The van der Waals surface area contributed by atoms with Crippen LogP contribution in [0.4, 0.5) is 0 Å². The van der Waals surface area contributed by atoms with Gasteiger partial charge in [-0.15, -0.1) is 0 Å². The first-order chi connectivity index (χ1) is 11.2. The quantitative estimate of drug-likeness (QED) is 0.873. The Morgan fingerprint density at radius 1 is 1.35 bits per heavy atom. The zero-order chi connectivity index (χ0) is 15.8. The van der Waals surface area contributed by atoms with Crippen LogP contribution in [-0.4, -0.2) is 33.4 Å². The van der Waals surface area contributed by atoms with Gasteiger partial charge in [-0.1, -0.05) is 29.8 Å². The van der Waals surface area contributed by atoms with Gasteiger partial charge in [-0.3, -0.25) is 4.79 Å². The fourth-order valence-electron chi connectivity index (χ4n) is 3.86. The molecule has 1 amide bonds. The SMILES string of the molecule is Cc1cccc([C@@H]2C[C@@H]2C(=O)N2CCC[C@@H](n3ccnc3)C2)c1. The molecule has 0 unspecified atom stereocenters. The third-order valence-corrected chi connectivity index (χ3v) is 5.23. The summed E-state index contributed by atoms with van der Waals surface area (Å²) in [7, 11) is 0. The van der Waals surface area contributed by atoms with Gasteiger partial charge in [0.1, 0.15) is 0 Å². The average Bonchev–Trinajstić information content (AvgIpc) is 3.19. The number of likely N-dealkylation sites (tertiary alicyclic amines) is 1. The highest BCUT2D eigenvalue weighted by Gasteiger charge is 2.46. The Bertz CT molecular complexity index is 694. The number of nitrogens with zero attached hydrogens (tertiary/aromatic N) is 3. The molecule has 1 saturated heterocycles. The Hall–Kier alpha value is -2.10. The number of hydrogen-bond donors (Lipinski definition) is 0. The normalized spacial score (nSPS) is 27.0. The molecule has 1 aliphatic carbocycles. The van der Waals surface area contributed by atoms with Gasteiger partial charge in [0.05, 0.1) is 12.4 Å². The van der Waals surface area contributed by atoms with E-state index in [2.05, 4.69) is 45.6 Å². The summed E-state index contributed by atoms with van der Waals surface area (Å²) < 4.78 is 2.14. The standard InChI is InChI=1S/C19H23N3O/c1-14-4-2-5-15(10-14)17-11-18(17)19(23)21-8-3-6-16(12-21)22-9-7-20-13-22/h2,4-5,7,9-10,13,16-18H,3,6,8,11-12H2,1H3/t16-,17+,18+/m1/s1. The lowest BCUT2D eigenvalue weighted by Crippen LogP contribution is -2.41. The van der Waals surface area contributed by atoms with E-state index in [1.807, 2.05) is 18.7 Å². The molecule has 0 radical (unpaired) electrons. The van der Waals surface area contributed by atoms with Crippen LogP contribution in [0.3, 0.4) is 0 Å². The molecule has 2 heterocycles. The van der Waals surface area contributed by atoms with Gasteiger partial charge in [0.2, 0.25) is 5.91 Å². The minimum atomic E-state index is 0.193. The highest BCUT2D eigenvalue weighted by molar-refractivity contribution is 5.83. The predicted molar refractivity (Wildman–Crippen MR) is 89.1 cm³/mol. The molecule has 2 aromatic rings. The number of rotatable bonds is 3. The lowest BCUT2D eigenvalue weighted by atomic mass is 10.0. The van der Waals surface area contributed by atoms with Crippen molar-refractivity contribution in [3.8, 4) is 0 Å². The second kappa shape index (κ2) is 5.84. The molecule has 1 saturated carbocycles. The fraction of sp³-hybridized carbons (Fsp3) is 0.474. The Morgan fingerprint density at radius 2 is 2.26 bits per heavy atom. The molecule has 1 aromatic carbocycles. The molecule has 23 heavy (non-hydrogen) atoms. The first-order valence-corrected chi connectivity index (χ1v) is 8.55.